The van der Waals surface area contributed by atoms with Gasteiger partial charge in [0.05, 0.1) is 0 Å². The molecule has 0 fully saturated rings. The van der Waals surface area contributed by atoms with Gasteiger partial charge in [0, 0.05) is 24.9 Å². The molecule has 0 aliphatic carbocycles. The third-order valence-corrected chi connectivity index (χ3v) is 2.39. The average Bonchev–Trinajstić information content (AvgIpc) is 2.68. The highest BCUT2D eigenvalue weighted by Gasteiger charge is 2.04. The number of rotatable bonds is 5. The zero-order valence-corrected chi connectivity index (χ0v) is 9.72. The van der Waals surface area contributed by atoms with Crippen LogP contribution in [0.15, 0.2) is 18.5 Å². The van der Waals surface area contributed by atoms with Crippen LogP contribution in [0.1, 0.15) is 26.1 Å². The van der Waals surface area contributed by atoms with Gasteiger partial charge in [-0.15, -0.1) is 10.2 Å². The smallest absolute Gasteiger partial charge is 0.254 e. The van der Waals surface area contributed by atoms with E-state index in [4.69, 9.17) is 0 Å². The third kappa shape index (κ3) is 2.55. The first-order valence-corrected chi connectivity index (χ1v) is 5.65. The Morgan fingerprint density at radius 2 is 2.25 bits per heavy atom. The molecule has 0 unspecified atom stereocenters. The van der Waals surface area contributed by atoms with E-state index in [2.05, 4.69) is 34.3 Å². The van der Waals surface area contributed by atoms with Gasteiger partial charge in [-0.1, -0.05) is 13.8 Å². The van der Waals surface area contributed by atoms with E-state index in [0.29, 0.717) is 11.8 Å². The molecule has 0 aromatic carbocycles. The Morgan fingerprint density at radius 3 is 3.06 bits per heavy atom. The Bertz CT molecular complexity index is 448. The zero-order valence-electron chi connectivity index (χ0n) is 9.72. The van der Waals surface area contributed by atoms with E-state index >= 15 is 0 Å². The molecule has 0 radical (unpaired) electrons. The van der Waals surface area contributed by atoms with Crippen LogP contribution in [0.3, 0.4) is 0 Å². The van der Waals surface area contributed by atoms with Crippen LogP contribution in [-0.4, -0.2) is 32.2 Å². The van der Waals surface area contributed by atoms with E-state index in [-0.39, 0.29) is 0 Å². The summed E-state index contributed by atoms with van der Waals surface area (Å²) in [7, 11) is 0. The van der Waals surface area contributed by atoms with Crippen LogP contribution in [0.5, 0.6) is 0 Å². The minimum absolute atomic E-state index is 0.539. The van der Waals surface area contributed by atoms with Gasteiger partial charge in [-0.25, -0.2) is 4.98 Å². The Labute approximate surface area is 94.9 Å². The quantitative estimate of drug-likeness (QED) is 0.764. The zero-order chi connectivity index (χ0) is 11.4. The number of hydrogen-bond donors (Lipinski definition) is 1. The molecule has 0 saturated carbocycles. The maximum Gasteiger partial charge on any atom is 0.254 e. The molecule has 5 nitrogen and oxygen atoms in total. The average molecular weight is 219 g/mol. The summed E-state index contributed by atoms with van der Waals surface area (Å²) in [6.45, 7) is 5.31. The molecular weight excluding hydrogens is 202 g/mol. The molecule has 16 heavy (non-hydrogen) atoms. The molecule has 5 heteroatoms. The number of nitrogens with one attached hydrogen (secondary N) is 1. The van der Waals surface area contributed by atoms with Crippen molar-refractivity contribution in [3.8, 4) is 0 Å². The summed E-state index contributed by atoms with van der Waals surface area (Å²) >= 11 is 0. The van der Waals surface area contributed by atoms with Crippen LogP contribution in [0, 0.1) is 0 Å². The Balaban J connectivity index is 1.94. The van der Waals surface area contributed by atoms with E-state index in [0.717, 1.165) is 25.2 Å². The predicted octanol–water partition coefficient (Wildman–Crippen LogP) is 1.05. The largest absolute Gasteiger partial charge is 0.315 e. The molecule has 0 aliphatic rings. The third-order valence-electron chi connectivity index (χ3n) is 2.39. The summed E-state index contributed by atoms with van der Waals surface area (Å²) in [5.41, 5.74) is 0. The lowest BCUT2D eigenvalue weighted by Crippen LogP contribution is -2.24. The Kier molecular flexibility index (Phi) is 3.46. The lowest BCUT2D eigenvalue weighted by atomic mass is 10.3. The van der Waals surface area contributed by atoms with Crippen LogP contribution in [0.4, 0.5) is 0 Å². The molecule has 0 amide bonds. The van der Waals surface area contributed by atoms with Crippen molar-refractivity contribution in [3.05, 3.63) is 24.3 Å². The minimum atomic E-state index is 0.539. The second-order valence-electron chi connectivity index (χ2n) is 4.12. The molecule has 1 N–H and O–H groups in total. The molecular formula is C11H17N5. The van der Waals surface area contributed by atoms with Crippen molar-refractivity contribution in [1.29, 1.82) is 0 Å². The van der Waals surface area contributed by atoms with E-state index in [1.54, 1.807) is 6.20 Å². The van der Waals surface area contributed by atoms with E-state index in [1.807, 2.05) is 16.7 Å². The topological polar surface area (TPSA) is 55.1 Å². The van der Waals surface area contributed by atoms with Crippen molar-refractivity contribution in [2.75, 3.05) is 6.54 Å². The molecule has 0 saturated heterocycles. The second kappa shape index (κ2) is 5.03. The Morgan fingerprint density at radius 1 is 1.38 bits per heavy atom. The van der Waals surface area contributed by atoms with Crippen molar-refractivity contribution in [2.45, 2.75) is 32.7 Å². The summed E-state index contributed by atoms with van der Waals surface area (Å²) in [4.78, 5) is 4.13. The molecule has 2 aromatic rings. The van der Waals surface area contributed by atoms with E-state index < -0.39 is 0 Å². The lowest BCUT2D eigenvalue weighted by Gasteiger charge is -2.06. The maximum absolute atomic E-state index is 4.13. The lowest BCUT2D eigenvalue weighted by molar-refractivity contribution is 0.565. The van der Waals surface area contributed by atoms with E-state index in [1.165, 1.54) is 0 Å². The van der Waals surface area contributed by atoms with Gasteiger partial charge in [0.1, 0.15) is 5.82 Å². The number of hydrogen-bond acceptors (Lipinski definition) is 4. The van der Waals surface area contributed by atoms with Gasteiger partial charge in [-0.05, 0) is 19.0 Å². The first-order chi connectivity index (χ1) is 7.77. The number of nitrogens with zero attached hydrogens (tertiary/aromatic N) is 4. The molecule has 0 spiro atoms. The van der Waals surface area contributed by atoms with Crippen LogP contribution in [0.25, 0.3) is 5.78 Å². The fraction of sp³-hybridized carbons (Fsp3) is 0.545. The minimum Gasteiger partial charge on any atom is -0.315 e. The molecule has 0 atom stereocenters. The highest BCUT2D eigenvalue weighted by atomic mass is 15.3. The fourth-order valence-electron chi connectivity index (χ4n) is 1.60. The molecule has 0 bridgehead atoms. The molecule has 2 aromatic heterocycles. The first kappa shape index (κ1) is 11.0. The molecule has 2 heterocycles. The predicted molar refractivity (Wildman–Crippen MR) is 62.2 cm³/mol. The Hall–Kier alpha value is -1.49. The number of fused-ring (bicyclic) bond motifs is 1. The monoisotopic (exact) mass is 219 g/mol. The summed E-state index contributed by atoms with van der Waals surface area (Å²) in [6.07, 6.45) is 5.67. The first-order valence-electron chi connectivity index (χ1n) is 5.65. The molecule has 2 rings (SSSR count). The normalized spacial score (nSPS) is 11.4. The molecule has 0 aliphatic heterocycles. The highest BCUT2D eigenvalue weighted by Crippen LogP contribution is 2.02. The fourth-order valence-corrected chi connectivity index (χ4v) is 1.60. The van der Waals surface area contributed by atoms with Crippen LogP contribution >= 0.6 is 0 Å². The summed E-state index contributed by atoms with van der Waals surface area (Å²) in [5, 5.41) is 11.5. The molecule has 86 valence electrons. The summed E-state index contributed by atoms with van der Waals surface area (Å²) in [5.74, 6) is 1.66. The summed E-state index contributed by atoms with van der Waals surface area (Å²) in [6, 6.07) is 2.43. The van der Waals surface area contributed by atoms with Crippen LogP contribution < -0.4 is 5.32 Å². The van der Waals surface area contributed by atoms with Crippen molar-refractivity contribution in [2.24, 2.45) is 0 Å². The summed E-state index contributed by atoms with van der Waals surface area (Å²) < 4.78 is 1.94. The van der Waals surface area contributed by atoms with E-state index in [9.17, 15) is 0 Å². The standard InChI is InChI=1S/C11H17N5/c1-9(2)12-6-3-5-10-14-15-11-13-7-4-8-16(10)11/h4,7-9,12H,3,5-6H2,1-2H3. The van der Waals surface area contributed by atoms with Gasteiger partial charge in [-0.3, -0.25) is 4.40 Å². The second-order valence-corrected chi connectivity index (χ2v) is 4.12. The SMILES string of the molecule is CC(C)NCCCc1nnc2ncccn12. The van der Waals surface area contributed by atoms with Gasteiger partial charge in [0.2, 0.25) is 0 Å². The van der Waals surface area contributed by atoms with Crippen molar-refractivity contribution >= 4 is 5.78 Å². The maximum atomic E-state index is 4.13. The van der Waals surface area contributed by atoms with Crippen molar-refractivity contribution < 1.29 is 0 Å². The van der Waals surface area contributed by atoms with Gasteiger partial charge in [0.25, 0.3) is 5.78 Å². The van der Waals surface area contributed by atoms with Crippen molar-refractivity contribution in [3.63, 3.8) is 0 Å². The highest BCUT2D eigenvalue weighted by molar-refractivity contribution is 5.26. The van der Waals surface area contributed by atoms with Gasteiger partial charge >= 0.3 is 0 Å². The number of aryl methyl sites for hydroxylation is 1. The van der Waals surface area contributed by atoms with Gasteiger partial charge < -0.3 is 5.32 Å². The van der Waals surface area contributed by atoms with Crippen LogP contribution in [0.2, 0.25) is 0 Å². The van der Waals surface area contributed by atoms with Crippen LogP contribution in [-0.2, 0) is 6.42 Å². The van der Waals surface area contributed by atoms with Crippen molar-refractivity contribution in [1.82, 2.24) is 24.9 Å². The number of aromatic nitrogens is 4. The van der Waals surface area contributed by atoms with Gasteiger partial charge in [0.15, 0.2) is 0 Å². The van der Waals surface area contributed by atoms with Gasteiger partial charge in [-0.2, -0.15) is 0 Å².